The van der Waals surface area contributed by atoms with Crippen LogP contribution < -0.4 is 5.32 Å². The third kappa shape index (κ3) is 2.88. The molecule has 2 heterocycles. The van der Waals surface area contributed by atoms with Crippen LogP contribution in [0, 0.1) is 5.92 Å². The minimum atomic E-state index is -0.376. The van der Waals surface area contributed by atoms with E-state index in [-0.39, 0.29) is 29.4 Å². The molecule has 1 atom stereocenters. The molecule has 0 saturated carbocycles. The maximum absolute atomic E-state index is 12.2. The molecule has 0 fully saturated rings. The van der Waals surface area contributed by atoms with Gasteiger partial charge in [-0.25, -0.2) is 0 Å². The van der Waals surface area contributed by atoms with Crippen LogP contribution in [-0.4, -0.2) is 21.2 Å². The number of hydrogen-bond acceptors (Lipinski definition) is 5. The first kappa shape index (κ1) is 15.0. The summed E-state index contributed by atoms with van der Waals surface area (Å²) in [6.45, 7) is 3.93. The summed E-state index contributed by atoms with van der Waals surface area (Å²) >= 11 is 0. The molecule has 0 aliphatic rings. The maximum atomic E-state index is 12.2. The minimum absolute atomic E-state index is 0.0638. The molecule has 0 aliphatic heterocycles. The number of nitrogens with one attached hydrogen (secondary N) is 1. The number of nitrogens with zero attached hydrogens (tertiary/aromatic N) is 2. The number of carbonyl (C=O) groups excluding carboxylic acids is 1. The standard InChI is InChI=1S/C17H17N3O3/c1-10(2)14(20-17(22)13-7-9-19-23-13)12-6-5-11-4-3-8-18-15(11)16(12)21/h3-10,14,21H,1-2H3,(H,20,22). The van der Waals surface area contributed by atoms with Gasteiger partial charge in [0, 0.05) is 23.2 Å². The average molecular weight is 311 g/mol. The topological polar surface area (TPSA) is 88.3 Å². The van der Waals surface area contributed by atoms with Gasteiger partial charge < -0.3 is 14.9 Å². The number of pyridine rings is 1. The molecule has 2 N–H and O–H groups in total. The summed E-state index contributed by atoms with van der Waals surface area (Å²) in [7, 11) is 0. The van der Waals surface area contributed by atoms with Gasteiger partial charge in [-0.15, -0.1) is 0 Å². The molecular weight excluding hydrogens is 294 g/mol. The molecule has 1 aromatic carbocycles. The summed E-state index contributed by atoms with van der Waals surface area (Å²) in [6.07, 6.45) is 3.04. The summed E-state index contributed by atoms with van der Waals surface area (Å²) in [4.78, 5) is 16.4. The number of phenols is 1. The van der Waals surface area contributed by atoms with Crippen LogP contribution in [0.5, 0.6) is 5.75 Å². The molecule has 0 spiro atoms. The van der Waals surface area contributed by atoms with E-state index >= 15 is 0 Å². The van der Waals surface area contributed by atoms with Crippen molar-refractivity contribution in [2.24, 2.45) is 5.92 Å². The molecule has 2 aromatic heterocycles. The molecule has 0 bridgehead atoms. The lowest BCUT2D eigenvalue weighted by Gasteiger charge is -2.23. The van der Waals surface area contributed by atoms with E-state index in [1.807, 2.05) is 38.1 Å². The highest BCUT2D eigenvalue weighted by atomic mass is 16.5. The Morgan fingerprint density at radius 1 is 1.22 bits per heavy atom. The van der Waals surface area contributed by atoms with Crippen LogP contribution in [0.1, 0.15) is 36.0 Å². The van der Waals surface area contributed by atoms with Crippen molar-refractivity contribution in [1.82, 2.24) is 15.5 Å². The Morgan fingerprint density at radius 3 is 2.74 bits per heavy atom. The van der Waals surface area contributed by atoms with E-state index in [9.17, 15) is 9.90 Å². The zero-order valence-corrected chi connectivity index (χ0v) is 12.9. The molecule has 0 radical (unpaired) electrons. The Balaban J connectivity index is 1.98. The molecule has 6 nitrogen and oxygen atoms in total. The molecule has 1 amide bonds. The summed E-state index contributed by atoms with van der Waals surface area (Å²) in [5.74, 6) is -0.0932. The second-order valence-electron chi connectivity index (χ2n) is 5.65. The lowest BCUT2D eigenvalue weighted by molar-refractivity contribution is 0.0887. The third-order valence-corrected chi connectivity index (χ3v) is 3.73. The Morgan fingerprint density at radius 2 is 2.04 bits per heavy atom. The van der Waals surface area contributed by atoms with E-state index in [1.54, 1.807) is 6.20 Å². The Bertz CT molecular complexity index is 828. The fourth-order valence-electron chi connectivity index (χ4n) is 2.55. The quantitative estimate of drug-likeness (QED) is 0.773. The number of aromatic nitrogens is 2. The van der Waals surface area contributed by atoms with Crippen LogP contribution in [0.3, 0.4) is 0 Å². The SMILES string of the molecule is CC(C)C(NC(=O)c1ccno1)c1ccc2cccnc2c1O. The van der Waals surface area contributed by atoms with Gasteiger partial charge in [-0.3, -0.25) is 9.78 Å². The summed E-state index contributed by atoms with van der Waals surface area (Å²) in [5.41, 5.74) is 1.14. The number of fused-ring (bicyclic) bond motifs is 1. The molecule has 6 heteroatoms. The van der Waals surface area contributed by atoms with Crippen LogP contribution >= 0.6 is 0 Å². The van der Waals surface area contributed by atoms with Gasteiger partial charge in [-0.2, -0.15) is 0 Å². The maximum Gasteiger partial charge on any atom is 0.290 e. The summed E-state index contributed by atoms with van der Waals surface area (Å²) < 4.78 is 4.88. The zero-order chi connectivity index (χ0) is 16.4. The lowest BCUT2D eigenvalue weighted by Crippen LogP contribution is -2.31. The predicted octanol–water partition coefficient (Wildman–Crippen LogP) is 3.06. The first-order chi connectivity index (χ1) is 11.1. The van der Waals surface area contributed by atoms with Gasteiger partial charge in [0.25, 0.3) is 5.91 Å². The molecule has 23 heavy (non-hydrogen) atoms. The lowest BCUT2D eigenvalue weighted by atomic mass is 9.94. The smallest absolute Gasteiger partial charge is 0.290 e. The molecule has 1 unspecified atom stereocenters. The van der Waals surface area contributed by atoms with Crippen LogP contribution in [0.2, 0.25) is 0 Å². The highest BCUT2D eigenvalue weighted by Gasteiger charge is 2.24. The molecular formula is C17H17N3O3. The zero-order valence-electron chi connectivity index (χ0n) is 12.9. The van der Waals surface area contributed by atoms with Gasteiger partial charge in [0.2, 0.25) is 5.76 Å². The van der Waals surface area contributed by atoms with E-state index in [4.69, 9.17) is 4.52 Å². The number of rotatable bonds is 4. The highest BCUT2D eigenvalue weighted by molar-refractivity contribution is 5.92. The van der Waals surface area contributed by atoms with E-state index < -0.39 is 0 Å². The van der Waals surface area contributed by atoms with Crippen molar-refractivity contribution in [3.8, 4) is 5.75 Å². The first-order valence-corrected chi connectivity index (χ1v) is 7.36. The highest BCUT2D eigenvalue weighted by Crippen LogP contribution is 2.34. The van der Waals surface area contributed by atoms with Crippen molar-refractivity contribution in [2.75, 3.05) is 0 Å². The predicted molar refractivity (Wildman–Crippen MR) is 85.0 cm³/mol. The Hall–Kier alpha value is -2.89. The fraction of sp³-hybridized carbons (Fsp3) is 0.235. The van der Waals surface area contributed by atoms with Gasteiger partial charge in [0.1, 0.15) is 11.3 Å². The normalized spacial score (nSPS) is 12.5. The van der Waals surface area contributed by atoms with E-state index in [2.05, 4.69) is 15.5 Å². The van der Waals surface area contributed by atoms with Crippen molar-refractivity contribution in [1.29, 1.82) is 0 Å². The van der Waals surface area contributed by atoms with Crippen LogP contribution in [0.25, 0.3) is 10.9 Å². The van der Waals surface area contributed by atoms with Gasteiger partial charge in [-0.05, 0) is 12.0 Å². The van der Waals surface area contributed by atoms with Gasteiger partial charge in [-0.1, -0.05) is 37.2 Å². The Kier molecular flexibility index (Phi) is 3.97. The van der Waals surface area contributed by atoms with E-state index in [1.165, 1.54) is 12.3 Å². The third-order valence-electron chi connectivity index (χ3n) is 3.73. The van der Waals surface area contributed by atoms with Crippen LogP contribution in [-0.2, 0) is 0 Å². The second kappa shape index (κ2) is 6.08. The largest absolute Gasteiger partial charge is 0.505 e. The van der Waals surface area contributed by atoms with E-state index in [0.717, 1.165) is 5.39 Å². The van der Waals surface area contributed by atoms with Crippen LogP contribution in [0.4, 0.5) is 0 Å². The summed E-state index contributed by atoms with van der Waals surface area (Å²) in [5, 5.41) is 17.8. The van der Waals surface area contributed by atoms with Crippen molar-refractivity contribution >= 4 is 16.8 Å². The minimum Gasteiger partial charge on any atom is -0.505 e. The van der Waals surface area contributed by atoms with Crippen LogP contribution in [0.15, 0.2) is 47.2 Å². The molecule has 118 valence electrons. The number of benzene rings is 1. The monoisotopic (exact) mass is 311 g/mol. The number of aromatic hydroxyl groups is 1. The molecule has 3 rings (SSSR count). The van der Waals surface area contributed by atoms with Crippen molar-refractivity contribution in [2.45, 2.75) is 19.9 Å². The Labute approximate surface area is 133 Å². The van der Waals surface area contributed by atoms with Gasteiger partial charge in [0.15, 0.2) is 0 Å². The number of hydrogen-bond donors (Lipinski definition) is 2. The second-order valence-corrected chi connectivity index (χ2v) is 5.65. The van der Waals surface area contributed by atoms with Crippen molar-refractivity contribution < 1.29 is 14.4 Å². The number of carbonyl (C=O) groups is 1. The fourth-order valence-corrected chi connectivity index (χ4v) is 2.55. The molecule has 0 aliphatic carbocycles. The number of amides is 1. The first-order valence-electron chi connectivity index (χ1n) is 7.36. The van der Waals surface area contributed by atoms with Gasteiger partial charge in [0.05, 0.1) is 12.2 Å². The molecule has 3 aromatic rings. The van der Waals surface area contributed by atoms with E-state index in [0.29, 0.717) is 11.1 Å². The van der Waals surface area contributed by atoms with Crippen molar-refractivity contribution in [3.05, 3.63) is 54.0 Å². The number of phenolic OH excluding ortho intramolecular Hbond substituents is 1. The van der Waals surface area contributed by atoms with Gasteiger partial charge >= 0.3 is 0 Å². The van der Waals surface area contributed by atoms with Crippen molar-refractivity contribution in [3.63, 3.8) is 0 Å². The summed E-state index contributed by atoms with van der Waals surface area (Å²) in [6, 6.07) is 8.50. The average Bonchev–Trinajstić information content (AvgIpc) is 3.08. The molecule has 0 saturated heterocycles.